The fraction of sp³-hybridized carbons (Fsp3) is 0.400. The number of alkyl halides is 9. The van der Waals surface area contributed by atoms with Gasteiger partial charge in [0.15, 0.2) is 5.78 Å². The van der Waals surface area contributed by atoms with Crippen LogP contribution in [0.25, 0.3) is 6.08 Å². The van der Waals surface area contributed by atoms with Crippen LogP contribution in [-0.4, -0.2) is 33.9 Å². The SMILES string of the molecule is C[C@H](CCS(=O)CC(F)(F)F)CC(=O)c1ccc(/C=C/C(c2cc(Cl)c(Cl)c(Cl)c2)C(F)(F)F)cc1C(F)(F)F. The van der Waals surface area contributed by atoms with E-state index in [0.717, 1.165) is 30.3 Å². The molecule has 222 valence electrons. The van der Waals surface area contributed by atoms with Gasteiger partial charge >= 0.3 is 18.5 Å². The molecule has 2 unspecified atom stereocenters. The number of ketones is 1. The maximum absolute atomic E-state index is 13.8. The molecule has 0 aliphatic heterocycles. The predicted molar refractivity (Wildman–Crippen MR) is 137 cm³/mol. The molecule has 0 saturated heterocycles. The maximum Gasteiger partial charge on any atom is 0.417 e. The summed E-state index contributed by atoms with van der Waals surface area (Å²) in [6.45, 7) is 1.42. The fourth-order valence-electron chi connectivity index (χ4n) is 3.63. The molecule has 0 amide bonds. The Kier molecular flexibility index (Phi) is 11.6. The van der Waals surface area contributed by atoms with Crippen LogP contribution in [0.15, 0.2) is 36.4 Å². The van der Waals surface area contributed by atoms with E-state index in [1.165, 1.54) is 6.92 Å². The van der Waals surface area contributed by atoms with Crippen LogP contribution in [0.2, 0.25) is 15.1 Å². The lowest BCUT2D eigenvalue weighted by molar-refractivity contribution is -0.139. The molecule has 0 aliphatic carbocycles. The molecule has 0 bridgehead atoms. The number of carbonyl (C=O) groups excluding carboxylic acids is 1. The Morgan fingerprint density at radius 1 is 0.950 bits per heavy atom. The number of halogens is 12. The van der Waals surface area contributed by atoms with Gasteiger partial charge in [-0.25, -0.2) is 0 Å². The topological polar surface area (TPSA) is 34.1 Å². The van der Waals surface area contributed by atoms with Crippen LogP contribution in [0.4, 0.5) is 39.5 Å². The number of rotatable bonds is 10. The van der Waals surface area contributed by atoms with Crippen molar-refractivity contribution in [1.82, 2.24) is 0 Å². The van der Waals surface area contributed by atoms with Gasteiger partial charge in [-0.05, 0) is 41.7 Å². The molecule has 2 aromatic rings. The van der Waals surface area contributed by atoms with E-state index in [9.17, 15) is 48.5 Å². The molecule has 40 heavy (non-hydrogen) atoms. The summed E-state index contributed by atoms with van der Waals surface area (Å²) in [5.41, 5.74) is -2.85. The van der Waals surface area contributed by atoms with Crippen molar-refractivity contribution >= 4 is 57.5 Å². The molecule has 0 fully saturated rings. The lowest BCUT2D eigenvalue weighted by atomic mass is 9.92. The first kappa shape index (κ1) is 34.4. The maximum atomic E-state index is 13.8. The molecule has 2 rings (SSSR count). The average molecular weight is 662 g/mol. The second kappa shape index (κ2) is 13.5. The van der Waals surface area contributed by atoms with Crippen LogP contribution in [0, 0.1) is 5.92 Å². The van der Waals surface area contributed by atoms with Gasteiger partial charge in [-0.2, -0.15) is 39.5 Å². The largest absolute Gasteiger partial charge is 0.417 e. The van der Waals surface area contributed by atoms with Gasteiger partial charge in [-0.3, -0.25) is 9.00 Å². The Balaban J connectivity index is 2.30. The number of hydrogen-bond acceptors (Lipinski definition) is 2. The second-order valence-electron chi connectivity index (χ2n) is 8.90. The first-order valence-electron chi connectivity index (χ1n) is 11.2. The Hall–Kier alpha value is -1.76. The molecule has 0 aliphatic rings. The molecule has 0 radical (unpaired) electrons. The minimum Gasteiger partial charge on any atom is -0.294 e. The van der Waals surface area contributed by atoms with Gasteiger partial charge in [0.25, 0.3) is 0 Å². The average Bonchev–Trinajstić information content (AvgIpc) is 2.78. The van der Waals surface area contributed by atoms with E-state index < -0.39 is 81.6 Å². The van der Waals surface area contributed by atoms with Gasteiger partial charge in [0.2, 0.25) is 0 Å². The summed E-state index contributed by atoms with van der Waals surface area (Å²) in [4.78, 5) is 12.6. The third-order valence-electron chi connectivity index (χ3n) is 5.55. The van der Waals surface area contributed by atoms with Crippen molar-refractivity contribution in [3.63, 3.8) is 0 Å². The number of carbonyl (C=O) groups is 1. The molecule has 0 aromatic heterocycles. The number of Topliss-reactive ketones (excluding diaryl/α,β-unsaturated/α-hetero) is 1. The molecule has 0 spiro atoms. The minimum atomic E-state index is -5.05. The second-order valence-corrected chi connectivity index (χ2v) is 11.7. The van der Waals surface area contributed by atoms with E-state index in [-0.39, 0.29) is 27.1 Å². The van der Waals surface area contributed by atoms with E-state index in [1.54, 1.807) is 0 Å². The first-order valence-corrected chi connectivity index (χ1v) is 13.9. The van der Waals surface area contributed by atoms with Crippen LogP contribution in [0.1, 0.15) is 52.7 Å². The molecule has 0 saturated carbocycles. The quantitative estimate of drug-likeness (QED) is 0.144. The Morgan fingerprint density at radius 3 is 2.02 bits per heavy atom. The first-order chi connectivity index (χ1) is 18.2. The fourth-order valence-corrected chi connectivity index (χ4v) is 5.42. The molecule has 15 heteroatoms. The third kappa shape index (κ3) is 10.3. The smallest absolute Gasteiger partial charge is 0.294 e. The molecule has 3 atom stereocenters. The summed E-state index contributed by atoms with van der Waals surface area (Å²) < 4.78 is 131. The molecular formula is C25H20Cl3F9O2S. The Labute approximate surface area is 240 Å². The number of allylic oxidation sites excluding steroid dienone is 1. The van der Waals surface area contributed by atoms with E-state index in [2.05, 4.69) is 0 Å². The van der Waals surface area contributed by atoms with Crippen molar-refractivity contribution in [2.45, 2.75) is 44.2 Å². The Morgan fingerprint density at radius 2 is 1.52 bits per heavy atom. The summed E-state index contributed by atoms with van der Waals surface area (Å²) >= 11 is 17.4. The minimum absolute atomic E-state index is 0.103. The molecule has 0 heterocycles. The monoisotopic (exact) mass is 660 g/mol. The molecule has 2 aromatic carbocycles. The summed E-state index contributed by atoms with van der Waals surface area (Å²) in [5.74, 6) is -5.90. The molecular weight excluding hydrogens is 642 g/mol. The molecule has 2 nitrogen and oxygen atoms in total. The third-order valence-corrected chi connectivity index (χ3v) is 8.08. The number of hydrogen-bond donors (Lipinski definition) is 0. The zero-order chi connectivity index (χ0) is 30.6. The molecule has 0 N–H and O–H groups in total. The highest BCUT2D eigenvalue weighted by molar-refractivity contribution is 7.85. The van der Waals surface area contributed by atoms with Crippen LogP contribution >= 0.6 is 34.8 Å². The van der Waals surface area contributed by atoms with Crippen molar-refractivity contribution in [2.24, 2.45) is 5.92 Å². The van der Waals surface area contributed by atoms with Gasteiger partial charge in [-0.1, -0.05) is 66.0 Å². The van der Waals surface area contributed by atoms with Crippen LogP contribution in [0.3, 0.4) is 0 Å². The van der Waals surface area contributed by atoms with Crippen molar-refractivity contribution in [2.75, 3.05) is 11.5 Å². The van der Waals surface area contributed by atoms with Gasteiger partial charge in [0.05, 0.1) is 26.5 Å². The van der Waals surface area contributed by atoms with E-state index >= 15 is 0 Å². The summed E-state index contributed by atoms with van der Waals surface area (Å²) in [6.07, 6.45) is -13.7. The van der Waals surface area contributed by atoms with E-state index in [0.29, 0.717) is 12.1 Å². The Bertz CT molecular complexity index is 1250. The van der Waals surface area contributed by atoms with Crippen molar-refractivity contribution in [3.05, 3.63) is 73.7 Å². The summed E-state index contributed by atoms with van der Waals surface area (Å²) in [5, 5.41) is -0.680. The van der Waals surface area contributed by atoms with Crippen molar-refractivity contribution in [3.8, 4) is 0 Å². The van der Waals surface area contributed by atoms with Crippen LogP contribution < -0.4 is 0 Å². The van der Waals surface area contributed by atoms with Crippen LogP contribution in [0.5, 0.6) is 0 Å². The summed E-state index contributed by atoms with van der Waals surface area (Å²) in [6, 6.07) is 4.22. The normalized spacial score (nSPS) is 15.3. The van der Waals surface area contributed by atoms with Gasteiger partial charge in [0, 0.05) is 28.5 Å². The summed E-state index contributed by atoms with van der Waals surface area (Å²) in [7, 11) is -2.25. The lowest BCUT2D eigenvalue weighted by Gasteiger charge is -2.19. The van der Waals surface area contributed by atoms with Crippen LogP contribution in [-0.2, 0) is 17.0 Å². The van der Waals surface area contributed by atoms with Gasteiger partial charge < -0.3 is 0 Å². The highest BCUT2D eigenvalue weighted by Crippen LogP contribution is 2.41. The van der Waals surface area contributed by atoms with E-state index in [1.807, 2.05) is 0 Å². The van der Waals surface area contributed by atoms with Crippen molar-refractivity contribution < 1.29 is 48.5 Å². The standard InChI is InChI=1S/C25H20Cl3F9O2S/c1-13(6-7-40(39)12-23(29,30)31)8-21(38)16-4-2-14(9-18(16)25(35,36)37)3-5-17(24(32,33)34)15-10-19(26)22(28)20(27)11-15/h2-5,9-11,13,17H,6-8,12H2,1H3/b5-3+/t13-,17?,40?/m1/s1. The van der Waals surface area contributed by atoms with Crippen molar-refractivity contribution in [1.29, 1.82) is 0 Å². The number of benzene rings is 2. The highest BCUT2D eigenvalue weighted by atomic mass is 35.5. The predicted octanol–water partition coefficient (Wildman–Crippen LogP) is 9.93. The zero-order valence-electron chi connectivity index (χ0n) is 20.3. The van der Waals surface area contributed by atoms with Gasteiger partial charge in [0.1, 0.15) is 5.75 Å². The van der Waals surface area contributed by atoms with Gasteiger partial charge in [-0.15, -0.1) is 0 Å². The zero-order valence-corrected chi connectivity index (χ0v) is 23.4. The highest BCUT2D eigenvalue weighted by Gasteiger charge is 2.40. The lowest BCUT2D eigenvalue weighted by Crippen LogP contribution is -2.21. The van der Waals surface area contributed by atoms with E-state index in [4.69, 9.17) is 34.8 Å².